The standard InChI is InChI=1S/C12H17NO/c1-9(13-2)12-11-6-4-3-5-10(11)7-8-14-12/h3-6,9,12-13H,7-8H2,1-2H3/t9-,12-/m1/s1. The molecule has 0 amide bonds. The van der Waals surface area contributed by atoms with E-state index in [0.29, 0.717) is 6.04 Å². The molecule has 1 N–H and O–H groups in total. The average Bonchev–Trinajstić information content (AvgIpc) is 2.27. The number of nitrogens with one attached hydrogen (secondary N) is 1. The third kappa shape index (κ3) is 1.68. The Morgan fingerprint density at radius 1 is 1.43 bits per heavy atom. The lowest BCUT2D eigenvalue weighted by atomic mass is 9.94. The van der Waals surface area contributed by atoms with Gasteiger partial charge in [0, 0.05) is 6.04 Å². The predicted octanol–water partition coefficient (Wildman–Crippen LogP) is 1.91. The summed E-state index contributed by atoms with van der Waals surface area (Å²) in [5, 5.41) is 3.25. The Morgan fingerprint density at radius 3 is 3.00 bits per heavy atom. The van der Waals surface area contributed by atoms with Gasteiger partial charge in [-0.3, -0.25) is 0 Å². The summed E-state index contributed by atoms with van der Waals surface area (Å²) in [5.41, 5.74) is 2.78. The topological polar surface area (TPSA) is 21.3 Å². The van der Waals surface area contributed by atoms with Crippen LogP contribution in [0.3, 0.4) is 0 Å². The Hall–Kier alpha value is -0.860. The van der Waals surface area contributed by atoms with E-state index >= 15 is 0 Å². The van der Waals surface area contributed by atoms with Gasteiger partial charge in [-0.15, -0.1) is 0 Å². The van der Waals surface area contributed by atoms with Crippen LogP contribution >= 0.6 is 0 Å². The molecule has 2 heteroatoms. The minimum atomic E-state index is 0.213. The van der Waals surface area contributed by atoms with Gasteiger partial charge in [0.15, 0.2) is 0 Å². The van der Waals surface area contributed by atoms with Gasteiger partial charge in [-0.05, 0) is 31.5 Å². The molecule has 0 saturated carbocycles. The first kappa shape index (κ1) is 9.69. The predicted molar refractivity (Wildman–Crippen MR) is 57.4 cm³/mol. The van der Waals surface area contributed by atoms with Gasteiger partial charge in [0.2, 0.25) is 0 Å². The molecule has 2 nitrogen and oxygen atoms in total. The van der Waals surface area contributed by atoms with Crippen LogP contribution in [0.1, 0.15) is 24.2 Å². The number of rotatable bonds is 2. The van der Waals surface area contributed by atoms with Crippen LogP contribution in [0.4, 0.5) is 0 Å². The highest BCUT2D eigenvalue weighted by atomic mass is 16.5. The summed E-state index contributed by atoms with van der Waals surface area (Å²) in [6.45, 7) is 3.00. The maximum absolute atomic E-state index is 5.79. The first-order chi connectivity index (χ1) is 6.83. The Bertz CT molecular complexity index is 311. The quantitative estimate of drug-likeness (QED) is 0.771. The second-order valence-corrected chi connectivity index (χ2v) is 3.82. The van der Waals surface area contributed by atoms with Crippen LogP contribution in [-0.4, -0.2) is 19.7 Å². The summed E-state index contributed by atoms with van der Waals surface area (Å²) in [5.74, 6) is 0. The molecule has 0 radical (unpaired) electrons. The van der Waals surface area contributed by atoms with E-state index in [1.54, 1.807) is 0 Å². The zero-order valence-corrected chi connectivity index (χ0v) is 8.79. The second-order valence-electron chi connectivity index (χ2n) is 3.82. The van der Waals surface area contributed by atoms with Crippen LogP contribution in [0.2, 0.25) is 0 Å². The van der Waals surface area contributed by atoms with Crippen molar-refractivity contribution in [1.82, 2.24) is 5.32 Å². The van der Waals surface area contributed by atoms with E-state index in [2.05, 4.69) is 36.5 Å². The third-order valence-corrected chi connectivity index (χ3v) is 2.94. The number of fused-ring (bicyclic) bond motifs is 1. The van der Waals surface area contributed by atoms with Gasteiger partial charge in [-0.2, -0.15) is 0 Å². The van der Waals surface area contributed by atoms with Crippen LogP contribution in [0.25, 0.3) is 0 Å². The van der Waals surface area contributed by atoms with Gasteiger partial charge in [0.05, 0.1) is 12.7 Å². The van der Waals surface area contributed by atoms with Gasteiger partial charge in [0.25, 0.3) is 0 Å². The highest BCUT2D eigenvalue weighted by Gasteiger charge is 2.24. The van der Waals surface area contributed by atoms with E-state index in [0.717, 1.165) is 13.0 Å². The van der Waals surface area contributed by atoms with Crippen LogP contribution in [0.15, 0.2) is 24.3 Å². The molecule has 1 aromatic carbocycles. The van der Waals surface area contributed by atoms with Crippen molar-refractivity contribution in [3.8, 4) is 0 Å². The molecule has 1 aliphatic heterocycles. The number of hydrogen-bond donors (Lipinski definition) is 1. The van der Waals surface area contributed by atoms with Crippen LogP contribution in [0, 0.1) is 0 Å². The third-order valence-electron chi connectivity index (χ3n) is 2.94. The monoisotopic (exact) mass is 191 g/mol. The number of hydrogen-bond acceptors (Lipinski definition) is 2. The number of likely N-dealkylation sites (N-methyl/N-ethyl adjacent to an activating group) is 1. The van der Waals surface area contributed by atoms with Gasteiger partial charge < -0.3 is 10.1 Å². The Morgan fingerprint density at radius 2 is 2.21 bits per heavy atom. The smallest absolute Gasteiger partial charge is 0.0977 e. The molecule has 0 aliphatic carbocycles. The fourth-order valence-corrected chi connectivity index (χ4v) is 1.99. The molecular weight excluding hydrogens is 174 g/mol. The van der Waals surface area contributed by atoms with Crippen molar-refractivity contribution >= 4 is 0 Å². The van der Waals surface area contributed by atoms with E-state index in [1.807, 2.05) is 7.05 Å². The molecule has 2 rings (SSSR count). The van der Waals surface area contributed by atoms with E-state index in [9.17, 15) is 0 Å². The summed E-state index contributed by atoms with van der Waals surface area (Å²) in [7, 11) is 1.98. The van der Waals surface area contributed by atoms with Gasteiger partial charge >= 0.3 is 0 Å². The fraction of sp³-hybridized carbons (Fsp3) is 0.500. The van der Waals surface area contributed by atoms with Gasteiger partial charge in [0.1, 0.15) is 0 Å². The second kappa shape index (κ2) is 4.11. The normalized spacial score (nSPS) is 22.9. The molecule has 1 aromatic rings. The minimum Gasteiger partial charge on any atom is -0.372 e. The van der Waals surface area contributed by atoms with Crippen molar-refractivity contribution in [2.75, 3.05) is 13.7 Å². The summed E-state index contributed by atoms with van der Waals surface area (Å²) in [6.07, 6.45) is 1.26. The molecule has 76 valence electrons. The molecule has 0 fully saturated rings. The zero-order valence-electron chi connectivity index (χ0n) is 8.79. The maximum atomic E-state index is 5.79. The van der Waals surface area contributed by atoms with Crippen molar-refractivity contribution in [1.29, 1.82) is 0 Å². The average molecular weight is 191 g/mol. The molecule has 1 heterocycles. The lowest BCUT2D eigenvalue weighted by molar-refractivity contribution is 0.0215. The highest BCUT2D eigenvalue weighted by molar-refractivity contribution is 5.31. The molecule has 0 aromatic heterocycles. The number of ether oxygens (including phenoxy) is 1. The van der Waals surface area contributed by atoms with E-state index in [-0.39, 0.29) is 6.10 Å². The van der Waals surface area contributed by atoms with Crippen molar-refractivity contribution in [3.05, 3.63) is 35.4 Å². The van der Waals surface area contributed by atoms with Crippen molar-refractivity contribution < 1.29 is 4.74 Å². The molecule has 14 heavy (non-hydrogen) atoms. The van der Waals surface area contributed by atoms with Crippen LogP contribution in [0.5, 0.6) is 0 Å². The fourth-order valence-electron chi connectivity index (χ4n) is 1.99. The van der Waals surface area contributed by atoms with Crippen molar-refractivity contribution in [3.63, 3.8) is 0 Å². The Kier molecular flexibility index (Phi) is 2.85. The molecule has 0 spiro atoms. The molecule has 0 saturated heterocycles. The summed E-state index contributed by atoms with van der Waals surface area (Å²) >= 11 is 0. The molecule has 2 atom stereocenters. The van der Waals surface area contributed by atoms with E-state index in [1.165, 1.54) is 11.1 Å². The highest BCUT2D eigenvalue weighted by Crippen LogP contribution is 2.29. The lowest BCUT2D eigenvalue weighted by Crippen LogP contribution is -2.33. The summed E-state index contributed by atoms with van der Waals surface area (Å²) in [4.78, 5) is 0. The SMILES string of the molecule is CN[C@H](C)[C@H]1OCCc2ccccc21. The van der Waals surface area contributed by atoms with Crippen LogP contribution < -0.4 is 5.32 Å². The first-order valence-electron chi connectivity index (χ1n) is 5.19. The molecule has 1 aliphatic rings. The summed E-state index contributed by atoms with van der Waals surface area (Å²) in [6, 6.07) is 8.94. The first-order valence-corrected chi connectivity index (χ1v) is 5.19. The number of benzene rings is 1. The largest absolute Gasteiger partial charge is 0.372 e. The zero-order chi connectivity index (χ0) is 9.97. The van der Waals surface area contributed by atoms with Crippen LogP contribution in [-0.2, 0) is 11.2 Å². The Labute approximate surface area is 85.3 Å². The van der Waals surface area contributed by atoms with Gasteiger partial charge in [-0.1, -0.05) is 24.3 Å². The maximum Gasteiger partial charge on any atom is 0.0977 e. The van der Waals surface area contributed by atoms with E-state index < -0.39 is 0 Å². The molecular formula is C12H17NO. The lowest BCUT2D eigenvalue weighted by Gasteiger charge is -2.30. The van der Waals surface area contributed by atoms with Crippen molar-refractivity contribution in [2.24, 2.45) is 0 Å². The Balaban J connectivity index is 2.30. The van der Waals surface area contributed by atoms with E-state index in [4.69, 9.17) is 4.74 Å². The summed E-state index contributed by atoms with van der Waals surface area (Å²) < 4.78 is 5.79. The van der Waals surface area contributed by atoms with Crippen molar-refractivity contribution in [2.45, 2.75) is 25.5 Å². The molecule has 0 unspecified atom stereocenters. The minimum absolute atomic E-state index is 0.213. The van der Waals surface area contributed by atoms with Gasteiger partial charge in [-0.25, -0.2) is 0 Å². The molecule has 0 bridgehead atoms.